The average Bonchev–Trinajstić information content (AvgIpc) is 2.37. The lowest BCUT2D eigenvalue weighted by atomic mass is 10.2. The van der Waals surface area contributed by atoms with Crippen LogP contribution in [-0.2, 0) is 6.54 Å². The highest BCUT2D eigenvalue weighted by Gasteiger charge is 2.06. The molecular formula is C13H12BrN3O. The zero-order chi connectivity index (χ0) is 13.0. The molecule has 0 saturated carbocycles. The summed E-state index contributed by atoms with van der Waals surface area (Å²) in [6, 6.07) is 9.16. The van der Waals surface area contributed by atoms with Gasteiger partial charge in [0.25, 0.3) is 5.91 Å². The monoisotopic (exact) mass is 305 g/mol. The Balaban J connectivity index is 2.03. The van der Waals surface area contributed by atoms with Crippen LogP contribution in [-0.4, -0.2) is 10.9 Å². The molecule has 0 aliphatic rings. The molecule has 5 heteroatoms. The number of rotatable bonds is 3. The first-order chi connectivity index (χ1) is 8.66. The van der Waals surface area contributed by atoms with E-state index in [2.05, 4.69) is 26.2 Å². The van der Waals surface area contributed by atoms with Gasteiger partial charge >= 0.3 is 0 Å². The van der Waals surface area contributed by atoms with E-state index < -0.39 is 0 Å². The van der Waals surface area contributed by atoms with Crippen molar-refractivity contribution in [1.29, 1.82) is 0 Å². The van der Waals surface area contributed by atoms with Crippen LogP contribution in [0.3, 0.4) is 0 Å². The molecule has 1 heterocycles. The van der Waals surface area contributed by atoms with Gasteiger partial charge in [-0.2, -0.15) is 0 Å². The van der Waals surface area contributed by atoms with Crippen molar-refractivity contribution in [1.82, 2.24) is 10.3 Å². The molecule has 18 heavy (non-hydrogen) atoms. The second kappa shape index (κ2) is 5.64. The van der Waals surface area contributed by atoms with Crippen LogP contribution < -0.4 is 11.1 Å². The number of nitrogens with two attached hydrogens (primary N) is 1. The number of hydrogen-bond acceptors (Lipinski definition) is 3. The Labute approximate surface area is 113 Å². The minimum Gasteiger partial charge on any atom is -0.398 e. The Morgan fingerprint density at radius 1 is 1.33 bits per heavy atom. The predicted octanol–water partition coefficient (Wildman–Crippen LogP) is 2.36. The summed E-state index contributed by atoms with van der Waals surface area (Å²) < 4.78 is 0.773. The molecule has 0 atom stereocenters. The number of nitrogens with one attached hydrogen (secondary N) is 1. The number of halogens is 1. The van der Waals surface area contributed by atoms with Crippen LogP contribution in [0.2, 0.25) is 0 Å². The first-order valence-electron chi connectivity index (χ1n) is 5.39. The number of pyridine rings is 1. The Bertz CT molecular complexity index is 572. The van der Waals surface area contributed by atoms with E-state index in [0.717, 1.165) is 10.0 Å². The highest BCUT2D eigenvalue weighted by molar-refractivity contribution is 9.10. The highest BCUT2D eigenvalue weighted by atomic mass is 79.9. The van der Waals surface area contributed by atoms with E-state index in [0.29, 0.717) is 17.8 Å². The molecular weight excluding hydrogens is 294 g/mol. The maximum Gasteiger partial charge on any atom is 0.253 e. The summed E-state index contributed by atoms with van der Waals surface area (Å²) in [6.07, 6.45) is 3.15. The van der Waals surface area contributed by atoms with E-state index in [-0.39, 0.29) is 5.91 Å². The van der Waals surface area contributed by atoms with E-state index in [9.17, 15) is 4.79 Å². The van der Waals surface area contributed by atoms with Crippen LogP contribution >= 0.6 is 15.9 Å². The number of para-hydroxylation sites is 1. The number of benzene rings is 1. The standard InChI is InChI=1S/C13H12BrN3O/c14-11-5-10(6-16-8-11)13(18)17-7-9-3-1-2-4-12(9)15/h1-6,8H,7,15H2,(H,17,18). The molecule has 0 saturated heterocycles. The smallest absolute Gasteiger partial charge is 0.253 e. The molecule has 0 unspecified atom stereocenters. The van der Waals surface area contributed by atoms with Crippen LogP contribution in [0, 0.1) is 0 Å². The molecule has 0 radical (unpaired) electrons. The summed E-state index contributed by atoms with van der Waals surface area (Å²) in [5.41, 5.74) is 7.88. The number of carbonyl (C=O) groups is 1. The van der Waals surface area contributed by atoms with Gasteiger partial charge in [-0.05, 0) is 33.6 Å². The van der Waals surface area contributed by atoms with Crippen LogP contribution in [0.5, 0.6) is 0 Å². The summed E-state index contributed by atoms with van der Waals surface area (Å²) in [5.74, 6) is -0.174. The number of amides is 1. The zero-order valence-electron chi connectivity index (χ0n) is 9.56. The Kier molecular flexibility index (Phi) is 3.94. The van der Waals surface area contributed by atoms with Gasteiger partial charge in [0, 0.05) is 29.1 Å². The normalized spacial score (nSPS) is 10.1. The third-order valence-electron chi connectivity index (χ3n) is 2.46. The molecule has 4 nitrogen and oxygen atoms in total. The summed E-state index contributed by atoms with van der Waals surface area (Å²) >= 11 is 3.28. The first-order valence-corrected chi connectivity index (χ1v) is 6.18. The Morgan fingerprint density at radius 3 is 2.83 bits per heavy atom. The van der Waals surface area contributed by atoms with Crippen LogP contribution in [0.15, 0.2) is 47.2 Å². The Morgan fingerprint density at radius 2 is 2.11 bits per heavy atom. The fourth-order valence-corrected chi connectivity index (χ4v) is 1.87. The van der Waals surface area contributed by atoms with Crippen molar-refractivity contribution in [2.45, 2.75) is 6.54 Å². The first kappa shape index (κ1) is 12.6. The Hall–Kier alpha value is -1.88. The maximum absolute atomic E-state index is 11.9. The highest BCUT2D eigenvalue weighted by Crippen LogP contribution is 2.11. The molecule has 0 spiro atoms. The summed E-state index contributed by atoms with van der Waals surface area (Å²) in [4.78, 5) is 15.8. The lowest BCUT2D eigenvalue weighted by Gasteiger charge is -2.07. The van der Waals surface area contributed by atoms with Crippen LogP contribution in [0.4, 0.5) is 5.69 Å². The number of carbonyl (C=O) groups excluding carboxylic acids is 1. The van der Waals surface area contributed by atoms with Crippen molar-refractivity contribution in [3.8, 4) is 0 Å². The van der Waals surface area contributed by atoms with Gasteiger partial charge in [-0.3, -0.25) is 9.78 Å². The molecule has 0 aliphatic heterocycles. The molecule has 0 fully saturated rings. The minimum absolute atomic E-state index is 0.174. The lowest BCUT2D eigenvalue weighted by Crippen LogP contribution is -2.23. The minimum atomic E-state index is -0.174. The molecule has 1 aromatic heterocycles. The second-order valence-electron chi connectivity index (χ2n) is 3.77. The molecule has 0 bridgehead atoms. The SMILES string of the molecule is Nc1ccccc1CNC(=O)c1cncc(Br)c1. The number of nitrogens with zero attached hydrogens (tertiary/aromatic N) is 1. The average molecular weight is 306 g/mol. The van der Waals surface area contributed by atoms with Crippen molar-refractivity contribution in [3.63, 3.8) is 0 Å². The molecule has 2 rings (SSSR count). The fraction of sp³-hybridized carbons (Fsp3) is 0.0769. The second-order valence-corrected chi connectivity index (χ2v) is 4.69. The molecule has 1 aromatic carbocycles. The topological polar surface area (TPSA) is 68.0 Å². The molecule has 2 aromatic rings. The van der Waals surface area contributed by atoms with Crippen molar-refractivity contribution < 1.29 is 4.79 Å². The summed E-state index contributed by atoms with van der Waals surface area (Å²) in [5, 5.41) is 2.80. The van der Waals surface area contributed by atoms with Crippen molar-refractivity contribution >= 4 is 27.5 Å². The quantitative estimate of drug-likeness (QED) is 0.855. The third kappa shape index (κ3) is 3.07. The van der Waals surface area contributed by atoms with E-state index >= 15 is 0 Å². The van der Waals surface area contributed by atoms with Gasteiger partial charge < -0.3 is 11.1 Å². The molecule has 0 aliphatic carbocycles. The number of aromatic nitrogens is 1. The number of nitrogen functional groups attached to an aromatic ring is 1. The van der Waals surface area contributed by atoms with E-state index in [4.69, 9.17) is 5.73 Å². The van der Waals surface area contributed by atoms with Gasteiger partial charge in [-0.1, -0.05) is 18.2 Å². The van der Waals surface area contributed by atoms with E-state index in [1.165, 1.54) is 6.20 Å². The van der Waals surface area contributed by atoms with Crippen molar-refractivity contribution in [2.24, 2.45) is 0 Å². The number of hydrogen-bond donors (Lipinski definition) is 2. The van der Waals surface area contributed by atoms with Gasteiger partial charge in [0.15, 0.2) is 0 Å². The molecule has 3 N–H and O–H groups in total. The molecule has 92 valence electrons. The fourth-order valence-electron chi connectivity index (χ4n) is 1.51. The van der Waals surface area contributed by atoms with Crippen molar-refractivity contribution in [3.05, 3.63) is 58.3 Å². The number of anilines is 1. The van der Waals surface area contributed by atoms with Crippen LogP contribution in [0.25, 0.3) is 0 Å². The van der Waals surface area contributed by atoms with Gasteiger partial charge in [0.05, 0.1) is 5.56 Å². The lowest BCUT2D eigenvalue weighted by molar-refractivity contribution is 0.0950. The predicted molar refractivity (Wildman–Crippen MR) is 74.0 cm³/mol. The van der Waals surface area contributed by atoms with Crippen LogP contribution in [0.1, 0.15) is 15.9 Å². The summed E-state index contributed by atoms with van der Waals surface area (Å²) in [7, 11) is 0. The van der Waals surface area contributed by atoms with E-state index in [1.54, 1.807) is 12.3 Å². The van der Waals surface area contributed by atoms with Gasteiger partial charge in [0.2, 0.25) is 0 Å². The zero-order valence-corrected chi connectivity index (χ0v) is 11.1. The summed E-state index contributed by atoms with van der Waals surface area (Å²) in [6.45, 7) is 0.401. The van der Waals surface area contributed by atoms with Gasteiger partial charge in [-0.25, -0.2) is 0 Å². The molecule has 1 amide bonds. The maximum atomic E-state index is 11.9. The largest absolute Gasteiger partial charge is 0.398 e. The van der Waals surface area contributed by atoms with E-state index in [1.807, 2.05) is 24.3 Å². The van der Waals surface area contributed by atoms with Gasteiger partial charge in [-0.15, -0.1) is 0 Å². The van der Waals surface area contributed by atoms with Crippen molar-refractivity contribution in [2.75, 3.05) is 5.73 Å². The van der Waals surface area contributed by atoms with Gasteiger partial charge in [0.1, 0.15) is 0 Å². The third-order valence-corrected chi connectivity index (χ3v) is 2.90.